The highest BCUT2D eigenvalue weighted by Crippen LogP contribution is 2.30. The van der Waals surface area contributed by atoms with Gasteiger partial charge in [0.2, 0.25) is 5.91 Å². The third-order valence-corrected chi connectivity index (χ3v) is 4.85. The molecule has 138 valence electrons. The normalized spacial score (nSPS) is 15.7. The van der Waals surface area contributed by atoms with Gasteiger partial charge in [-0.1, -0.05) is 11.6 Å². The van der Waals surface area contributed by atoms with Crippen molar-refractivity contribution in [3.63, 3.8) is 0 Å². The summed E-state index contributed by atoms with van der Waals surface area (Å²) in [7, 11) is 0. The van der Waals surface area contributed by atoms with Crippen molar-refractivity contribution in [3.05, 3.63) is 33.3 Å². The molecule has 0 aromatic heterocycles. The number of carbonyl (C=O) groups is 1. The molecular formula is C17H25ClN4O3. The van der Waals surface area contributed by atoms with Crippen LogP contribution in [0.3, 0.4) is 0 Å². The number of nitro groups is 1. The van der Waals surface area contributed by atoms with Gasteiger partial charge >= 0.3 is 0 Å². The predicted molar refractivity (Wildman–Crippen MR) is 99.3 cm³/mol. The summed E-state index contributed by atoms with van der Waals surface area (Å²) in [5, 5.41) is 11.2. The molecule has 8 heteroatoms. The highest BCUT2D eigenvalue weighted by atomic mass is 35.5. The van der Waals surface area contributed by atoms with Crippen LogP contribution in [0.25, 0.3) is 0 Å². The van der Waals surface area contributed by atoms with Gasteiger partial charge in [0.05, 0.1) is 22.2 Å². The molecule has 1 aromatic carbocycles. The van der Waals surface area contributed by atoms with E-state index >= 15 is 0 Å². The number of hydrogen-bond acceptors (Lipinski definition) is 5. The minimum atomic E-state index is -0.446. The topological polar surface area (TPSA) is 69.9 Å². The first-order valence-electron chi connectivity index (χ1n) is 8.65. The van der Waals surface area contributed by atoms with Gasteiger partial charge in [-0.15, -0.1) is 0 Å². The molecule has 1 amide bonds. The Morgan fingerprint density at radius 2 is 1.96 bits per heavy atom. The van der Waals surface area contributed by atoms with Gasteiger partial charge in [0.15, 0.2) is 0 Å². The zero-order valence-corrected chi connectivity index (χ0v) is 15.5. The molecule has 1 fully saturated rings. The fraction of sp³-hybridized carbons (Fsp3) is 0.588. The van der Waals surface area contributed by atoms with E-state index in [-0.39, 0.29) is 11.6 Å². The first-order valence-corrected chi connectivity index (χ1v) is 9.03. The fourth-order valence-corrected chi connectivity index (χ4v) is 3.40. The summed E-state index contributed by atoms with van der Waals surface area (Å²) < 4.78 is 0. The molecular weight excluding hydrogens is 344 g/mol. The summed E-state index contributed by atoms with van der Waals surface area (Å²) in [5.41, 5.74) is 0.805. The number of carbonyl (C=O) groups excluding carboxylic acids is 1. The Morgan fingerprint density at radius 3 is 2.56 bits per heavy atom. The molecule has 7 nitrogen and oxygen atoms in total. The van der Waals surface area contributed by atoms with E-state index in [2.05, 4.69) is 9.80 Å². The van der Waals surface area contributed by atoms with Gasteiger partial charge in [-0.3, -0.25) is 19.8 Å². The number of non-ortho nitro benzene ring substituents is 1. The first kappa shape index (κ1) is 19.5. The second kappa shape index (κ2) is 9.01. The number of likely N-dealkylation sites (N-methyl/N-ethyl adjacent to an activating group) is 1. The molecule has 0 saturated carbocycles. The SMILES string of the molecule is CCN(CC)C(=O)CN1CCCN(c2ccc([N+](=O)[O-])cc2Cl)CC1. The number of halogens is 1. The van der Waals surface area contributed by atoms with Crippen molar-refractivity contribution in [2.45, 2.75) is 20.3 Å². The van der Waals surface area contributed by atoms with E-state index in [4.69, 9.17) is 11.6 Å². The Labute approximate surface area is 153 Å². The van der Waals surface area contributed by atoms with Gasteiger partial charge in [-0.05, 0) is 26.3 Å². The second-order valence-electron chi connectivity index (χ2n) is 6.08. The van der Waals surface area contributed by atoms with Crippen LogP contribution in [0.5, 0.6) is 0 Å². The van der Waals surface area contributed by atoms with Crippen LogP contribution in [0.15, 0.2) is 18.2 Å². The van der Waals surface area contributed by atoms with Crippen LogP contribution in [-0.4, -0.2) is 66.4 Å². The van der Waals surface area contributed by atoms with E-state index in [1.807, 2.05) is 18.7 Å². The van der Waals surface area contributed by atoms with Gasteiger partial charge in [0.25, 0.3) is 5.69 Å². The van der Waals surface area contributed by atoms with Crippen molar-refractivity contribution in [3.8, 4) is 0 Å². The lowest BCUT2D eigenvalue weighted by molar-refractivity contribution is -0.384. The van der Waals surface area contributed by atoms with Crippen LogP contribution in [0.4, 0.5) is 11.4 Å². The average Bonchev–Trinajstić information content (AvgIpc) is 2.81. The highest BCUT2D eigenvalue weighted by molar-refractivity contribution is 6.33. The molecule has 0 N–H and O–H groups in total. The molecule has 1 aliphatic rings. The molecule has 1 aliphatic heterocycles. The number of benzene rings is 1. The Morgan fingerprint density at radius 1 is 1.24 bits per heavy atom. The van der Waals surface area contributed by atoms with Crippen LogP contribution in [0.1, 0.15) is 20.3 Å². The van der Waals surface area contributed by atoms with Gasteiger partial charge in [-0.2, -0.15) is 0 Å². The molecule has 0 aliphatic carbocycles. The Bertz CT molecular complexity index is 622. The quantitative estimate of drug-likeness (QED) is 0.570. The van der Waals surface area contributed by atoms with Gasteiger partial charge in [-0.25, -0.2) is 0 Å². The average molecular weight is 369 g/mol. The molecule has 2 rings (SSSR count). The molecule has 0 radical (unpaired) electrons. The van der Waals surface area contributed by atoms with Crippen LogP contribution < -0.4 is 4.90 Å². The summed E-state index contributed by atoms with van der Waals surface area (Å²) in [5.74, 6) is 0.159. The molecule has 1 heterocycles. The zero-order chi connectivity index (χ0) is 18.4. The van der Waals surface area contributed by atoms with Crippen LogP contribution in [0.2, 0.25) is 5.02 Å². The van der Waals surface area contributed by atoms with Crippen molar-refractivity contribution in [2.24, 2.45) is 0 Å². The molecule has 0 spiro atoms. The summed E-state index contributed by atoms with van der Waals surface area (Å²) >= 11 is 6.24. The van der Waals surface area contributed by atoms with E-state index in [1.54, 1.807) is 6.07 Å². The monoisotopic (exact) mass is 368 g/mol. The minimum Gasteiger partial charge on any atom is -0.369 e. The fourth-order valence-electron chi connectivity index (χ4n) is 3.10. The van der Waals surface area contributed by atoms with E-state index in [0.29, 0.717) is 11.6 Å². The smallest absolute Gasteiger partial charge is 0.271 e. The maximum absolute atomic E-state index is 12.3. The van der Waals surface area contributed by atoms with Crippen molar-refractivity contribution >= 4 is 28.9 Å². The van der Waals surface area contributed by atoms with E-state index in [1.165, 1.54) is 12.1 Å². The Balaban J connectivity index is 1.99. The third-order valence-electron chi connectivity index (χ3n) is 4.55. The van der Waals surface area contributed by atoms with Crippen molar-refractivity contribution in [1.82, 2.24) is 9.80 Å². The van der Waals surface area contributed by atoms with Gasteiger partial charge in [0, 0.05) is 51.4 Å². The number of hydrogen-bond donors (Lipinski definition) is 0. The number of rotatable bonds is 6. The number of anilines is 1. The predicted octanol–water partition coefficient (Wildman–Crippen LogP) is 2.63. The van der Waals surface area contributed by atoms with E-state index < -0.39 is 4.92 Å². The van der Waals surface area contributed by atoms with Gasteiger partial charge < -0.3 is 9.80 Å². The zero-order valence-electron chi connectivity index (χ0n) is 14.8. The number of amides is 1. The molecule has 0 bridgehead atoms. The minimum absolute atomic E-state index is 0.00461. The third kappa shape index (κ3) is 5.06. The maximum atomic E-state index is 12.3. The van der Waals surface area contributed by atoms with Crippen molar-refractivity contribution in [2.75, 3.05) is 50.7 Å². The standard InChI is InChI=1S/C17H25ClN4O3/c1-3-20(4-2)17(23)13-19-8-5-9-21(11-10-19)16-7-6-14(22(24)25)12-15(16)18/h6-7,12H,3-5,8-11,13H2,1-2H3. The van der Waals surface area contributed by atoms with Crippen LogP contribution in [-0.2, 0) is 4.79 Å². The molecule has 0 atom stereocenters. The molecule has 1 aromatic rings. The molecule has 25 heavy (non-hydrogen) atoms. The lowest BCUT2D eigenvalue weighted by atomic mass is 10.2. The summed E-state index contributed by atoms with van der Waals surface area (Å²) in [6.45, 7) is 9.04. The maximum Gasteiger partial charge on any atom is 0.271 e. The molecule has 0 unspecified atom stereocenters. The molecule has 1 saturated heterocycles. The summed E-state index contributed by atoms with van der Waals surface area (Å²) in [6.07, 6.45) is 0.916. The number of nitro benzene ring substituents is 1. The highest BCUT2D eigenvalue weighted by Gasteiger charge is 2.21. The van der Waals surface area contributed by atoms with E-state index in [0.717, 1.165) is 51.4 Å². The van der Waals surface area contributed by atoms with E-state index in [9.17, 15) is 14.9 Å². The van der Waals surface area contributed by atoms with Crippen molar-refractivity contribution < 1.29 is 9.72 Å². The second-order valence-corrected chi connectivity index (χ2v) is 6.48. The van der Waals surface area contributed by atoms with Crippen molar-refractivity contribution in [1.29, 1.82) is 0 Å². The van der Waals surface area contributed by atoms with Gasteiger partial charge in [0.1, 0.15) is 0 Å². The largest absolute Gasteiger partial charge is 0.369 e. The Hall–Kier alpha value is -1.86. The first-order chi connectivity index (χ1) is 12.0. The van der Waals surface area contributed by atoms with Crippen LogP contribution in [0, 0.1) is 10.1 Å². The Kier molecular flexibility index (Phi) is 7.01. The summed E-state index contributed by atoms with van der Waals surface area (Å²) in [6, 6.07) is 4.58. The lowest BCUT2D eigenvalue weighted by Crippen LogP contribution is -2.41. The van der Waals surface area contributed by atoms with Crippen LogP contribution >= 0.6 is 11.6 Å². The number of nitrogens with zero attached hydrogens (tertiary/aromatic N) is 4. The lowest BCUT2D eigenvalue weighted by Gasteiger charge is -2.26. The summed E-state index contributed by atoms with van der Waals surface area (Å²) in [4.78, 5) is 28.8.